The van der Waals surface area contributed by atoms with Gasteiger partial charge in [0.1, 0.15) is 0 Å². The topological polar surface area (TPSA) is 62.0 Å². The molecule has 1 aromatic carbocycles. The Morgan fingerprint density at radius 3 is 2.69 bits per heavy atom. The maximum Gasteiger partial charge on any atom is 0.258 e. The number of amides is 2. The van der Waals surface area contributed by atoms with Crippen molar-refractivity contribution >= 4 is 28.3 Å². The van der Waals surface area contributed by atoms with Gasteiger partial charge in [0.2, 0.25) is 0 Å². The molecule has 0 atom stereocenters. The fourth-order valence-electron chi connectivity index (χ4n) is 1.93. The van der Waals surface area contributed by atoms with E-state index in [9.17, 15) is 9.59 Å². The van der Waals surface area contributed by atoms with Crippen molar-refractivity contribution in [2.45, 2.75) is 0 Å². The Kier molecular flexibility index (Phi) is 1.71. The zero-order chi connectivity index (χ0) is 11.1. The predicted molar refractivity (Wildman–Crippen MR) is 59.4 cm³/mol. The summed E-state index contributed by atoms with van der Waals surface area (Å²) in [5.74, 6) is -0.689. The quantitative estimate of drug-likeness (QED) is 0.698. The molecule has 0 bridgehead atoms. The van der Waals surface area contributed by atoms with Crippen molar-refractivity contribution in [1.82, 2.24) is 10.3 Å². The van der Waals surface area contributed by atoms with Gasteiger partial charge in [-0.15, -0.1) is 0 Å². The minimum absolute atomic E-state index is 0.335. The van der Waals surface area contributed by atoms with Gasteiger partial charge in [-0.1, -0.05) is 12.1 Å². The molecule has 2 heterocycles. The van der Waals surface area contributed by atoms with Crippen LogP contribution in [0.4, 0.5) is 0 Å². The fourth-order valence-corrected chi connectivity index (χ4v) is 1.93. The van der Waals surface area contributed by atoms with E-state index in [1.165, 1.54) is 6.08 Å². The van der Waals surface area contributed by atoms with Gasteiger partial charge in [-0.05, 0) is 17.7 Å². The number of hydrogen-bond acceptors (Lipinski definition) is 2. The lowest BCUT2D eigenvalue weighted by Gasteiger charge is -2.01. The summed E-state index contributed by atoms with van der Waals surface area (Å²) in [5, 5.41) is 3.18. The monoisotopic (exact) mass is 212 g/mol. The molecule has 0 saturated carbocycles. The van der Waals surface area contributed by atoms with Crippen LogP contribution < -0.4 is 5.32 Å². The van der Waals surface area contributed by atoms with Gasteiger partial charge >= 0.3 is 0 Å². The molecule has 0 radical (unpaired) electrons. The van der Waals surface area contributed by atoms with Crippen LogP contribution in [-0.2, 0) is 9.59 Å². The molecule has 16 heavy (non-hydrogen) atoms. The van der Waals surface area contributed by atoms with Gasteiger partial charge in [-0.25, -0.2) is 0 Å². The molecule has 1 aromatic heterocycles. The van der Waals surface area contributed by atoms with Crippen LogP contribution >= 0.6 is 0 Å². The smallest absolute Gasteiger partial charge is 0.258 e. The molecule has 0 fully saturated rings. The summed E-state index contributed by atoms with van der Waals surface area (Å²) in [6.45, 7) is 0. The number of H-pyrrole nitrogens is 1. The molecule has 3 rings (SSSR count). The number of benzene rings is 1. The summed E-state index contributed by atoms with van der Waals surface area (Å²) in [6, 6.07) is 7.50. The lowest BCUT2D eigenvalue weighted by atomic mass is 10.0. The molecule has 4 heteroatoms. The van der Waals surface area contributed by atoms with E-state index in [1.807, 2.05) is 30.5 Å². The Balaban J connectivity index is 2.27. The number of carbonyl (C=O) groups excluding carboxylic acids is 2. The lowest BCUT2D eigenvalue weighted by molar-refractivity contribution is -0.123. The van der Waals surface area contributed by atoms with Crippen LogP contribution in [0.25, 0.3) is 16.5 Å². The summed E-state index contributed by atoms with van der Waals surface area (Å²) in [7, 11) is 0. The van der Waals surface area contributed by atoms with E-state index in [2.05, 4.69) is 10.3 Å². The lowest BCUT2D eigenvalue weighted by Crippen LogP contribution is -2.21. The number of carbonyl (C=O) groups is 2. The van der Waals surface area contributed by atoms with E-state index in [1.54, 1.807) is 0 Å². The first kappa shape index (κ1) is 8.91. The third kappa shape index (κ3) is 1.16. The molecule has 1 aliphatic heterocycles. The highest BCUT2D eigenvalue weighted by Crippen LogP contribution is 2.26. The Hall–Kier alpha value is -2.36. The predicted octanol–water partition coefficient (Wildman–Crippen LogP) is 1.21. The number of hydrogen-bond donors (Lipinski definition) is 2. The first-order valence-electron chi connectivity index (χ1n) is 4.89. The number of aromatic amines is 1. The van der Waals surface area contributed by atoms with Gasteiger partial charge in [-0.2, -0.15) is 0 Å². The average Bonchev–Trinajstić information content (AvgIpc) is 2.84. The summed E-state index contributed by atoms with van der Waals surface area (Å²) >= 11 is 0. The fraction of sp³-hybridized carbons (Fsp3) is 0. The molecule has 0 unspecified atom stereocenters. The van der Waals surface area contributed by atoms with Crippen molar-refractivity contribution in [3.63, 3.8) is 0 Å². The van der Waals surface area contributed by atoms with Crippen molar-refractivity contribution in [2.24, 2.45) is 0 Å². The number of aromatic nitrogens is 1. The summed E-state index contributed by atoms with van der Waals surface area (Å²) in [6.07, 6.45) is 3.15. The van der Waals surface area contributed by atoms with Gasteiger partial charge in [0.05, 0.1) is 5.57 Å². The van der Waals surface area contributed by atoms with Gasteiger partial charge in [-0.3, -0.25) is 14.9 Å². The van der Waals surface area contributed by atoms with Gasteiger partial charge < -0.3 is 4.98 Å². The van der Waals surface area contributed by atoms with E-state index >= 15 is 0 Å². The minimum atomic E-state index is -0.354. The summed E-state index contributed by atoms with van der Waals surface area (Å²) < 4.78 is 0. The Morgan fingerprint density at radius 1 is 1.06 bits per heavy atom. The highest BCUT2D eigenvalue weighted by molar-refractivity contribution is 6.35. The van der Waals surface area contributed by atoms with Crippen molar-refractivity contribution in [3.05, 3.63) is 42.1 Å². The standard InChI is InChI=1S/C12H8N2O2/c15-11-6-9(12(16)14-11)7-2-1-3-10-8(7)4-5-13-10/h1-6,13H,(H,14,15,16). The van der Waals surface area contributed by atoms with Crippen molar-refractivity contribution in [2.75, 3.05) is 0 Å². The molecule has 2 aromatic rings. The van der Waals surface area contributed by atoms with Crippen molar-refractivity contribution in [3.8, 4) is 0 Å². The molecule has 2 amide bonds. The molecule has 2 N–H and O–H groups in total. The molecular weight excluding hydrogens is 204 g/mol. The highest BCUT2D eigenvalue weighted by Gasteiger charge is 2.23. The second-order valence-corrected chi connectivity index (χ2v) is 3.62. The molecule has 0 aliphatic carbocycles. The van der Waals surface area contributed by atoms with Crippen LogP contribution in [0.1, 0.15) is 5.56 Å². The minimum Gasteiger partial charge on any atom is -0.361 e. The first-order valence-corrected chi connectivity index (χ1v) is 4.89. The molecule has 1 aliphatic rings. The Labute approximate surface area is 91.0 Å². The van der Waals surface area contributed by atoms with Crippen LogP contribution in [0, 0.1) is 0 Å². The van der Waals surface area contributed by atoms with Gasteiger partial charge in [0, 0.05) is 23.2 Å². The first-order chi connectivity index (χ1) is 7.75. The maximum absolute atomic E-state index is 11.5. The molecule has 0 spiro atoms. The summed E-state index contributed by atoms with van der Waals surface area (Å²) in [5.41, 5.74) is 2.16. The molecule has 78 valence electrons. The number of imide groups is 1. The van der Waals surface area contributed by atoms with Crippen LogP contribution in [0.2, 0.25) is 0 Å². The third-order valence-electron chi connectivity index (χ3n) is 2.64. The zero-order valence-corrected chi connectivity index (χ0v) is 8.28. The second kappa shape index (κ2) is 3.06. The van der Waals surface area contributed by atoms with E-state index in [-0.39, 0.29) is 11.8 Å². The van der Waals surface area contributed by atoms with Crippen molar-refractivity contribution in [1.29, 1.82) is 0 Å². The molecule has 0 saturated heterocycles. The zero-order valence-electron chi connectivity index (χ0n) is 8.28. The van der Waals surface area contributed by atoms with E-state index < -0.39 is 0 Å². The van der Waals surface area contributed by atoms with E-state index in [4.69, 9.17) is 0 Å². The normalized spacial score (nSPS) is 15.4. The number of rotatable bonds is 1. The summed E-state index contributed by atoms with van der Waals surface area (Å²) in [4.78, 5) is 25.7. The molecular formula is C12H8N2O2. The Bertz CT molecular complexity index is 637. The van der Waals surface area contributed by atoms with Crippen LogP contribution in [-0.4, -0.2) is 16.8 Å². The largest absolute Gasteiger partial charge is 0.361 e. The van der Waals surface area contributed by atoms with Gasteiger partial charge in [0.25, 0.3) is 11.8 Å². The van der Waals surface area contributed by atoms with E-state index in [0.717, 1.165) is 16.5 Å². The highest BCUT2D eigenvalue weighted by atomic mass is 16.2. The van der Waals surface area contributed by atoms with Crippen LogP contribution in [0.15, 0.2) is 36.5 Å². The average molecular weight is 212 g/mol. The van der Waals surface area contributed by atoms with Crippen molar-refractivity contribution < 1.29 is 9.59 Å². The Morgan fingerprint density at radius 2 is 1.94 bits per heavy atom. The van der Waals surface area contributed by atoms with Gasteiger partial charge in [0.15, 0.2) is 0 Å². The SMILES string of the molecule is O=C1C=C(c2cccc3[nH]ccc23)C(=O)N1. The van der Waals surface area contributed by atoms with E-state index in [0.29, 0.717) is 5.57 Å². The van der Waals surface area contributed by atoms with Crippen LogP contribution in [0.3, 0.4) is 0 Å². The van der Waals surface area contributed by atoms with Crippen LogP contribution in [0.5, 0.6) is 0 Å². The third-order valence-corrected chi connectivity index (χ3v) is 2.64. The maximum atomic E-state index is 11.5. The number of nitrogens with one attached hydrogen (secondary N) is 2. The second-order valence-electron chi connectivity index (χ2n) is 3.62. The number of fused-ring (bicyclic) bond motifs is 1. The molecule has 4 nitrogen and oxygen atoms in total.